The van der Waals surface area contributed by atoms with E-state index in [2.05, 4.69) is 5.32 Å². The molecule has 3 aromatic carbocycles. The van der Waals surface area contributed by atoms with Crippen LogP contribution in [0.25, 0.3) is 18.2 Å². The lowest BCUT2D eigenvalue weighted by molar-refractivity contribution is -0.111. The van der Waals surface area contributed by atoms with Gasteiger partial charge in [0.1, 0.15) is 0 Å². The molecule has 0 saturated carbocycles. The Morgan fingerprint density at radius 1 is 0.722 bits per heavy atom. The van der Waals surface area contributed by atoms with Crippen molar-refractivity contribution in [3.8, 4) is 28.7 Å². The predicted octanol–water partition coefficient (Wildman–Crippen LogP) is 5.13. The first kappa shape index (κ1) is 26.0. The monoisotopic (exact) mass is 490 g/mol. The maximum atomic E-state index is 12.8. The average molecular weight is 491 g/mol. The molecule has 3 aromatic rings. The molecule has 0 bridgehead atoms. The molecule has 0 atom stereocenters. The van der Waals surface area contributed by atoms with Gasteiger partial charge in [0, 0.05) is 17.3 Å². The number of anilines is 2. The van der Waals surface area contributed by atoms with Crippen molar-refractivity contribution in [2.24, 2.45) is 0 Å². The second kappa shape index (κ2) is 12.2. The number of amides is 1. The van der Waals surface area contributed by atoms with Gasteiger partial charge >= 0.3 is 0 Å². The van der Waals surface area contributed by atoms with Gasteiger partial charge < -0.3 is 34.7 Å². The normalized spacial score (nSPS) is 10.9. The maximum Gasteiger partial charge on any atom is 0.248 e. The molecule has 188 valence electrons. The molecule has 3 rings (SSSR count). The first-order valence-electron chi connectivity index (χ1n) is 11.0. The molecule has 0 saturated heterocycles. The number of nitrogens with one attached hydrogen (secondary N) is 1. The highest BCUT2D eigenvalue weighted by Gasteiger charge is 2.16. The van der Waals surface area contributed by atoms with E-state index in [9.17, 15) is 4.79 Å². The number of benzene rings is 3. The lowest BCUT2D eigenvalue weighted by Crippen LogP contribution is -2.11. The van der Waals surface area contributed by atoms with Gasteiger partial charge in [-0.05, 0) is 53.6 Å². The fourth-order valence-electron chi connectivity index (χ4n) is 3.59. The number of rotatable bonds is 10. The molecular formula is C28H30N2O6. The van der Waals surface area contributed by atoms with Crippen LogP contribution in [0.15, 0.2) is 54.6 Å². The topological polar surface area (TPSA) is 101 Å². The molecule has 0 fully saturated rings. The van der Waals surface area contributed by atoms with Crippen LogP contribution in [0, 0.1) is 0 Å². The largest absolute Gasteiger partial charge is 0.493 e. The number of nitrogen functional groups attached to an aromatic ring is 1. The Morgan fingerprint density at radius 3 is 1.97 bits per heavy atom. The van der Waals surface area contributed by atoms with Crippen LogP contribution in [0.5, 0.6) is 28.7 Å². The van der Waals surface area contributed by atoms with E-state index in [1.165, 1.54) is 20.3 Å². The Bertz CT molecular complexity index is 1260. The van der Waals surface area contributed by atoms with E-state index in [4.69, 9.17) is 29.4 Å². The first-order chi connectivity index (χ1) is 17.4. The highest BCUT2D eigenvalue weighted by Crippen LogP contribution is 2.40. The maximum absolute atomic E-state index is 12.8. The number of nitrogens with two attached hydrogens (primary N) is 1. The number of carbonyl (C=O) groups is 1. The van der Waals surface area contributed by atoms with Gasteiger partial charge in [-0.25, -0.2) is 0 Å². The highest BCUT2D eigenvalue weighted by atomic mass is 16.5. The van der Waals surface area contributed by atoms with E-state index in [0.717, 1.165) is 11.1 Å². The number of methoxy groups -OCH3 is 5. The Hall–Kier alpha value is -4.59. The molecule has 0 aromatic heterocycles. The number of hydrogen-bond acceptors (Lipinski definition) is 7. The Balaban J connectivity index is 1.97. The minimum Gasteiger partial charge on any atom is -0.493 e. The van der Waals surface area contributed by atoms with Crippen LogP contribution >= 0.6 is 0 Å². The van der Waals surface area contributed by atoms with E-state index >= 15 is 0 Å². The van der Waals surface area contributed by atoms with Gasteiger partial charge in [-0.2, -0.15) is 0 Å². The first-order valence-corrected chi connectivity index (χ1v) is 11.0. The molecule has 8 heteroatoms. The summed E-state index contributed by atoms with van der Waals surface area (Å²) in [6.45, 7) is 0. The predicted molar refractivity (Wildman–Crippen MR) is 143 cm³/mol. The quantitative estimate of drug-likeness (QED) is 0.231. The molecule has 0 unspecified atom stereocenters. The minimum absolute atomic E-state index is 0.341. The number of hydrogen-bond donors (Lipinski definition) is 2. The highest BCUT2D eigenvalue weighted by molar-refractivity contribution is 6.04. The number of carbonyl (C=O) groups excluding carboxylic acids is 1. The molecule has 0 aliphatic rings. The number of ether oxygens (including phenoxy) is 5. The molecular weight excluding hydrogens is 460 g/mol. The van der Waals surface area contributed by atoms with E-state index in [0.29, 0.717) is 45.7 Å². The Kier molecular flexibility index (Phi) is 8.83. The average Bonchev–Trinajstić information content (AvgIpc) is 2.90. The van der Waals surface area contributed by atoms with Crippen molar-refractivity contribution in [2.75, 3.05) is 46.6 Å². The van der Waals surface area contributed by atoms with Crippen LogP contribution in [0.1, 0.15) is 16.7 Å². The van der Waals surface area contributed by atoms with Gasteiger partial charge in [-0.15, -0.1) is 0 Å². The van der Waals surface area contributed by atoms with Crippen LogP contribution < -0.4 is 34.7 Å². The summed E-state index contributed by atoms with van der Waals surface area (Å²) in [6.07, 6.45) is 6.83. The van der Waals surface area contributed by atoms with E-state index in [1.54, 1.807) is 45.6 Å². The van der Waals surface area contributed by atoms with Crippen molar-refractivity contribution in [2.45, 2.75) is 0 Å². The lowest BCUT2D eigenvalue weighted by Gasteiger charge is -2.16. The second-order valence-corrected chi connectivity index (χ2v) is 7.55. The standard InChI is InChI=1S/C28H30N2O6/c1-32-22-13-12-20(11-9-19-16-23(33-2)27(35-4)24(17-19)34-3)26(28(22)36-5)30-25(31)14-10-18-7-6-8-21(29)15-18/h6-17H,29H2,1-5H3,(H,30,31)/b11-9+,14-10+. The van der Waals surface area contributed by atoms with E-state index in [1.807, 2.05) is 42.5 Å². The van der Waals surface area contributed by atoms with Crippen molar-refractivity contribution in [1.82, 2.24) is 0 Å². The van der Waals surface area contributed by atoms with Crippen molar-refractivity contribution < 1.29 is 28.5 Å². The fourth-order valence-corrected chi connectivity index (χ4v) is 3.59. The van der Waals surface area contributed by atoms with Gasteiger partial charge in [0.2, 0.25) is 11.7 Å². The van der Waals surface area contributed by atoms with Gasteiger partial charge in [-0.1, -0.05) is 24.3 Å². The Labute approximate surface area is 210 Å². The summed E-state index contributed by atoms with van der Waals surface area (Å²) in [5, 5.41) is 2.91. The minimum atomic E-state index is -0.341. The van der Waals surface area contributed by atoms with Gasteiger partial charge in [0.15, 0.2) is 23.0 Å². The summed E-state index contributed by atoms with van der Waals surface area (Å²) in [7, 11) is 7.72. The van der Waals surface area contributed by atoms with Crippen molar-refractivity contribution >= 4 is 35.5 Å². The zero-order valence-corrected chi connectivity index (χ0v) is 21.0. The summed E-state index contributed by atoms with van der Waals surface area (Å²) in [5.74, 6) is 2.11. The second-order valence-electron chi connectivity index (χ2n) is 7.55. The van der Waals surface area contributed by atoms with Crippen molar-refractivity contribution in [3.05, 3.63) is 71.3 Å². The van der Waals surface area contributed by atoms with Crippen molar-refractivity contribution in [1.29, 1.82) is 0 Å². The van der Waals surface area contributed by atoms with Gasteiger partial charge in [0.05, 0.1) is 41.2 Å². The molecule has 8 nitrogen and oxygen atoms in total. The summed E-state index contributed by atoms with van der Waals surface area (Å²) < 4.78 is 27.3. The zero-order valence-electron chi connectivity index (χ0n) is 21.0. The molecule has 0 aliphatic heterocycles. The molecule has 1 amide bonds. The summed E-state index contributed by atoms with van der Waals surface area (Å²) in [4.78, 5) is 12.8. The van der Waals surface area contributed by atoms with Crippen molar-refractivity contribution in [3.63, 3.8) is 0 Å². The molecule has 0 spiro atoms. The molecule has 0 radical (unpaired) electrons. The van der Waals surface area contributed by atoms with Gasteiger partial charge in [0.25, 0.3) is 0 Å². The molecule has 36 heavy (non-hydrogen) atoms. The summed E-state index contributed by atoms with van der Waals surface area (Å²) in [5.41, 5.74) is 9.21. The van der Waals surface area contributed by atoms with E-state index < -0.39 is 0 Å². The van der Waals surface area contributed by atoms with Crippen LogP contribution in [-0.2, 0) is 4.79 Å². The molecule has 0 aliphatic carbocycles. The third-order valence-corrected chi connectivity index (χ3v) is 5.31. The third kappa shape index (κ3) is 6.09. The smallest absolute Gasteiger partial charge is 0.248 e. The van der Waals surface area contributed by atoms with Crippen LogP contribution in [0.4, 0.5) is 11.4 Å². The van der Waals surface area contributed by atoms with Crippen LogP contribution in [0.2, 0.25) is 0 Å². The summed E-state index contributed by atoms with van der Waals surface area (Å²) >= 11 is 0. The van der Waals surface area contributed by atoms with Gasteiger partial charge in [-0.3, -0.25) is 4.79 Å². The third-order valence-electron chi connectivity index (χ3n) is 5.31. The fraction of sp³-hybridized carbons (Fsp3) is 0.179. The Morgan fingerprint density at radius 2 is 1.39 bits per heavy atom. The van der Waals surface area contributed by atoms with E-state index in [-0.39, 0.29) is 5.91 Å². The zero-order chi connectivity index (χ0) is 26.1. The SMILES string of the molecule is COc1cc(/C=C/c2ccc(OC)c(OC)c2NC(=O)/C=C/c2cccc(N)c2)cc(OC)c1OC. The molecule has 0 heterocycles. The molecule has 3 N–H and O–H groups in total. The lowest BCUT2D eigenvalue weighted by atomic mass is 10.1. The van der Waals surface area contributed by atoms with Crippen LogP contribution in [0.3, 0.4) is 0 Å². The summed E-state index contributed by atoms with van der Waals surface area (Å²) in [6, 6.07) is 14.5. The van der Waals surface area contributed by atoms with Crippen LogP contribution in [-0.4, -0.2) is 41.5 Å².